The van der Waals surface area contributed by atoms with Gasteiger partial charge in [-0.3, -0.25) is 14.4 Å². The molecule has 0 unspecified atom stereocenters. The minimum Gasteiger partial charge on any atom is -0.345 e. The van der Waals surface area contributed by atoms with Crippen molar-refractivity contribution in [3.63, 3.8) is 0 Å². The number of hydrogen-bond acceptors (Lipinski definition) is 3. The average molecular weight is 480 g/mol. The number of carbonyl (C=O) groups excluding carboxylic acids is 3. The van der Waals surface area contributed by atoms with Crippen molar-refractivity contribution in [1.82, 2.24) is 15.1 Å². The predicted molar refractivity (Wildman–Crippen MR) is 132 cm³/mol. The van der Waals surface area contributed by atoms with E-state index in [0.29, 0.717) is 5.56 Å². The van der Waals surface area contributed by atoms with E-state index in [2.05, 4.69) is 17.4 Å². The standard InChI is InChI=1S/C28H34FN3O3/c1-5-17(6-2)25-26(33)30-24(21-13-18-9-7-8-10-19(18)14-21)28(35)32(25)16-20-11-12-22(29)15-23(20)27(34)31(3)4/h7-12,15,17,21,24-25H,5-6,13-14,16H2,1-4H3,(H,30,33)/t24-,25-/m1/s1. The van der Waals surface area contributed by atoms with Crippen LogP contribution in [0.5, 0.6) is 0 Å². The van der Waals surface area contributed by atoms with E-state index in [4.69, 9.17) is 0 Å². The zero-order valence-corrected chi connectivity index (χ0v) is 20.9. The fourth-order valence-corrected chi connectivity index (χ4v) is 5.60. The molecular weight excluding hydrogens is 445 g/mol. The van der Waals surface area contributed by atoms with E-state index in [-0.39, 0.29) is 41.7 Å². The molecule has 3 amide bonds. The van der Waals surface area contributed by atoms with E-state index in [9.17, 15) is 18.8 Å². The summed E-state index contributed by atoms with van der Waals surface area (Å²) in [5.74, 6) is -1.18. The van der Waals surface area contributed by atoms with Gasteiger partial charge in [-0.2, -0.15) is 0 Å². The smallest absolute Gasteiger partial charge is 0.253 e. The summed E-state index contributed by atoms with van der Waals surface area (Å²) in [5.41, 5.74) is 3.18. The predicted octanol–water partition coefficient (Wildman–Crippen LogP) is 3.57. The molecule has 6 nitrogen and oxygen atoms in total. The van der Waals surface area contributed by atoms with Crippen LogP contribution in [0.15, 0.2) is 42.5 Å². The second-order valence-corrected chi connectivity index (χ2v) is 9.91. The molecular formula is C28H34FN3O3. The van der Waals surface area contributed by atoms with E-state index in [1.165, 1.54) is 28.2 Å². The Hall–Kier alpha value is -3.22. The van der Waals surface area contributed by atoms with Crippen molar-refractivity contribution in [2.24, 2.45) is 11.8 Å². The van der Waals surface area contributed by atoms with Crippen LogP contribution in [0, 0.1) is 17.7 Å². The Labute approximate surface area is 206 Å². The third-order valence-electron chi connectivity index (χ3n) is 7.55. The highest BCUT2D eigenvalue weighted by atomic mass is 19.1. The van der Waals surface area contributed by atoms with E-state index in [1.54, 1.807) is 25.1 Å². The van der Waals surface area contributed by atoms with Crippen LogP contribution in [0.4, 0.5) is 4.39 Å². The molecule has 2 atom stereocenters. The number of nitrogens with one attached hydrogen (secondary N) is 1. The van der Waals surface area contributed by atoms with Crippen LogP contribution in [0.3, 0.4) is 0 Å². The summed E-state index contributed by atoms with van der Waals surface area (Å²) in [7, 11) is 3.22. The highest BCUT2D eigenvalue weighted by molar-refractivity contribution is 5.98. The minimum absolute atomic E-state index is 0.0193. The molecule has 7 heteroatoms. The molecule has 1 aliphatic carbocycles. The lowest BCUT2D eigenvalue weighted by molar-refractivity contribution is -0.154. The van der Waals surface area contributed by atoms with Crippen LogP contribution < -0.4 is 5.32 Å². The van der Waals surface area contributed by atoms with E-state index < -0.39 is 17.9 Å². The van der Waals surface area contributed by atoms with Gasteiger partial charge in [-0.25, -0.2) is 4.39 Å². The third kappa shape index (κ3) is 4.81. The van der Waals surface area contributed by atoms with Crippen molar-refractivity contribution in [1.29, 1.82) is 0 Å². The van der Waals surface area contributed by atoms with Gasteiger partial charge in [0.2, 0.25) is 11.8 Å². The minimum atomic E-state index is -0.634. The number of rotatable bonds is 7. The van der Waals surface area contributed by atoms with Crippen molar-refractivity contribution in [3.05, 3.63) is 70.5 Å². The number of fused-ring (bicyclic) bond motifs is 1. The Kier molecular flexibility index (Phi) is 7.24. The largest absolute Gasteiger partial charge is 0.345 e. The molecule has 2 aromatic rings. The lowest BCUT2D eigenvalue weighted by atomic mass is 9.85. The molecule has 0 bridgehead atoms. The summed E-state index contributed by atoms with van der Waals surface area (Å²) in [6.45, 7) is 4.12. The van der Waals surface area contributed by atoms with Gasteiger partial charge < -0.3 is 15.1 Å². The van der Waals surface area contributed by atoms with Crippen LogP contribution in [0.2, 0.25) is 0 Å². The van der Waals surface area contributed by atoms with Gasteiger partial charge in [-0.1, -0.05) is 57.0 Å². The third-order valence-corrected chi connectivity index (χ3v) is 7.55. The SMILES string of the molecule is CCC(CC)[C@@H]1C(=O)N[C@H](C2Cc3ccccc3C2)C(=O)N1Cc1ccc(F)cc1C(=O)N(C)C. The molecule has 2 aromatic carbocycles. The summed E-state index contributed by atoms with van der Waals surface area (Å²) in [6, 6.07) is 10.9. The maximum absolute atomic E-state index is 14.1. The molecule has 1 aliphatic heterocycles. The summed E-state index contributed by atoms with van der Waals surface area (Å²) in [4.78, 5) is 43.3. The van der Waals surface area contributed by atoms with Crippen molar-refractivity contribution in [2.75, 3.05) is 14.1 Å². The first-order valence-corrected chi connectivity index (χ1v) is 12.4. The second kappa shape index (κ2) is 10.2. The molecule has 35 heavy (non-hydrogen) atoms. The van der Waals surface area contributed by atoms with E-state index in [0.717, 1.165) is 25.7 Å². The first kappa shape index (κ1) is 24.9. The Balaban J connectivity index is 1.69. The lowest BCUT2D eigenvalue weighted by Crippen LogP contribution is -2.66. The molecule has 186 valence electrons. The summed E-state index contributed by atoms with van der Waals surface area (Å²) in [6.07, 6.45) is 2.95. The summed E-state index contributed by atoms with van der Waals surface area (Å²) < 4.78 is 14.1. The van der Waals surface area contributed by atoms with Crippen molar-refractivity contribution in [3.8, 4) is 0 Å². The first-order chi connectivity index (χ1) is 16.7. The molecule has 0 radical (unpaired) electrons. The second-order valence-electron chi connectivity index (χ2n) is 9.91. The number of halogens is 1. The normalized spacial score (nSPS) is 20.2. The Morgan fingerprint density at radius 3 is 2.29 bits per heavy atom. The van der Waals surface area contributed by atoms with Gasteiger partial charge in [-0.05, 0) is 53.5 Å². The molecule has 1 saturated heterocycles. The molecule has 1 fully saturated rings. The number of benzene rings is 2. The maximum Gasteiger partial charge on any atom is 0.253 e. The molecule has 0 aromatic heterocycles. The van der Waals surface area contributed by atoms with Gasteiger partial charge in [0.25, 0.3) is 5.91 Å². The van der Waals surface area contributed by atoms with E-state index >= 15 is 0 Å². The highest BCUT2D eigenvalue weighted by Crippen LogP contribution is 2.33. The Bertz CT molecular complexity index is 1100. The summed E-state index contributed by atoms with van der Waals surface area (Å²) >= 11 is 0. The molecule has 0 spiro atoms. The molecule has 4 rings (SSSR count). The van der Waals surface area contributed by atoms with Crippen molar-refractivity contribution < 1.29 is 18.8 Å². The van der Waals surface area contributed by atoms with Gasteiger partial charge in [0.15, 0.2) is 0 Å². The number of amides is 3. The van der Waals surface area contributed by atoms with Crippen LogP contribution in [-0.4, -0.2) is 53.7 Å². The first-order valence-electron chi connectivity index (χ1n) is 12.4. The zero-order valence-electron chi connectivity index (χ0n) is 20.9. The van der Waals surface area contributed by atoms with Crippen molar-refractivity contribution in [2.45, 2.75) is 58.2 Å². The average Bonchev–Trinajstić information content (AvgIpc) is 3.27. The van der Waals surface area contributed by atoms with Gasteiger partial charge in [0.05, 0.1) is 0 Å². The summed E-state index contributed by atoms with van der Waals surface area (Å²) in [5, 5.41) is 3.06. The topological polar surface area (TPSA) is 69.7 Å². The van der Waals surface area contributed by atoms with Crippen LogP contribution in [0.1, 0.15) is 53.7 Å². The fraction of sp³-hybridized carbons (Fsp3) is 0.464. The molecule has 0 saturated carbocycles. The molecule has 1 N–H and O–H groups in total. The Morgan fingerprint density at radius 2 is 1.71 bits per heavy atom. The highest BCUT2D eigenvalue weighted by Gasteiger charge is 2.47. The van der Waals surface area contributed by atoms with Gasteiger partial charge in [0, 0.05) is 26.2 Å². The van der Waals surface area contributed by atoms with Crippen molar-refractivity contribution >= 4 is 17.7 Å². The molecule has 1 heterocycles. The lowest BCUT2D eigenvalue weighted by Gasteiger charge is -2.44. The quantitative estimate of drug-likeness (QED) is 0.660. The monoisotopic (exact) mass is 479 g/mol. The van der Waals surface area contributed by atoms with Gasteiger partial charge in [-0.15, -0.1) is 0 Å². The van der Waals surface area contributed by atoms with Crippen LogP contribution >= 0.6 is 0 Å². The van der Waals surface area contributed by atoms with Gasteiger partial charge in [0.1, 0.15) is 17.9 Å². The van der Waals surface area contributed by atoms with Crippen LogP contribution in [0.25, 0.3) is 0 Å². The number of carbonyl (C=O) groups is 3. The fourth-order valence-electron chi connectivity index (χ4n) is 5.60. The number of nitrogens with zero attached hydrogens (tertiary/aromatic N) is 2. The number of piperazine rings is 1. The van der Waals surface area contributed by atoms with E-state index in [1.807, 2.05) is 26.0 Å². The zero-order chi connectivity index (χ0) is 25.3. The Morgan fingerprint density at radius 1 is 1.09 bits per heavy atom. The maximum atomic E-state index is 14.1. The number of hydrogen-bond donors (Lipinski definition) is 1. The van der Waals surface area contributed by atoms with Crippen LogP contribution in [-0.2, 0) is 29.0 Å². The van der Waals surface area contributed by atoms with Gasteiger partial charge >= 0.3 is 0 Å². The molecule has 2 aliphatic rings.